The van der Waals surface area contributed by atoms with E-state index in [0.29, 0.717) is 11.3 Å². The van der Waals surface area contributed by atoms with Crippen LogP contribution >= 0.6 is 0 Å². The molecule has 14 heavy (non-hydrogen) atoms. The first-order chi connectivity index (χ1) is 6.75. The summed E-state index contributed by atoms with van der Waals surface area (Å²) < 4.78 is 10.1. The van der Waals surface area contributed by atoms with Crippen molar-refractivity contribution in [1.29, 1.82) is 0 Å². The van der Waals surface area contributed by atoms with Crippen LogP contribution in [-0.4, -0.2) is 11.1 Å². The number of hydrogen-bond donors (Lipinski definition) is 1. The molecule has 0 aromatic carbocycles. The van der Waals surface area contributed by atoms with Gasteiger partial charge in [0.05, 0.1) is 24.5 Å². The summed E-state index contributed by atoms with van der Waals surface area (Å²) in [6, 6.07) is 3.45. The van der Waals surface area contributed by atoms with Crippen molar-refractivity contribution in [1.82, 2.24) is 0 Å². The van der Waals surface area contributed by atoms with Crippen molar-refractivity contribution in [3.8, 4) is 11.3 Å². The monoisotopic (exact) mass is 192 g/mol. The molecule has 2 aromatic heterocycles. The lowest BCUT2D eigenvalue weighted by atomic mass is 10.2. The zero-order chi connectivity index (χ0) is 9.97. The van der Waals surface area contributed by atoms with Crippen molar-refractivity contribution in [2.24, 2.45) is 0 Å². The zero-order valence-electron chi connectivity index (χ0n) is 7.27. The lowest BCUT2D eigenvalue weighted by molar-refractivity contribution is -0.136. The summed E-state index contributed by atoms with van der Waals surface area (Å²) in [7, 11) is 0. The van der Waals surface area contributed by atoms with E-state index in [1.54, 1.807) is 18.4 Å². The summed E-state index contributed by atoms with van der Waals surface area (Å²) in [6.07, 6.45) is 4.50. The van der Waals surface area contributed by atoms with Crippen molar-refractivity contribution in [3.63, 3.8) is 0 Å². The Balaban J connectivity index is 2.22. The fourth-order valence-electron chi connectivity index (χ4n) is 1.20. The maximum atomic E-state index is 10.4. The van der Waals surface area contributed by atoms with Crippen molar-refractivity contribution in [2.45, 2.75) is 6.42 Å². The zero-order valence-corrected chi connectivity index (χ0v) is 7.27. The summed E-state index contributed by atoms with van der Waals surface area (Å²) in [5.74, 6) is -0.250. The van der Waals surface area contributed by atoms with E-state index < -0.39 is 5.97 Å². The average Bonchev–Trinajstić information content (AvgIpc) is 2.69. The Hall–Kier alpha value is -1.97. The highest BCUT2D eigenvalue weighted by Crippen LogP contribution is 2.22. The molecule has 0 saturated heterocycles. The van der Waals surface area contributed by atoms with Crippen LogP contribution in [0.1, 0.15) is 5.56 Å². The lowest BCUT2D eigenvalue weighted by Crippen LogP contribution is -1.97. The third-order valence-electron chi connectivity index (χ3n) is 1.81. The minimum Gasteiger partial charge on any atom is -0.481 e. The van der Waals surface area contributed by atoms with Gasteiger partial charge in [-0.3, -0.25) is 4.79 Å². The number of furan rings is 2. The Morgan fingerprint density at radius 1 is 1.43 bits per heavy atom. The fraction of sp³-hybridized carbons (Fsp3) is 0.100. The molecular weight excluding hydrogens is 184 g/mol. The Labute approximate surface area is 79.8 Å². The van der Waals surface area contributed by atoms with E-state index in [4.69, 9.17) is 13.9 Å². The SMILES string of the molecule is O=C(O)Cc1coc(-c2ccoc2)c1. The van der Waals surface area contributed by atoms with Crippen molar-refractivity contribution >= 4 is 5.97 Å². The number of carboxylic acid groups (broad SMARTS) is 1. The predicted molar refractivity (Wildman–Crippen MR) is 47.7 cm³/mol. The second kappa shape index (κ2) is 3.41. The maximum absolute atomic E-state index is 10.4. The Morgan fingerprint density at radius 2 is 2.29 bits per heavy atom. The van der Waals surface area contributed by atoms with E-state index in [0.717, 1.165) is 5.56 Å². The van der Waals surface area contributed by atoms with Gasteiger partial charge in [0.2, 0.25) is 0 Å². The smallest absolute Gasteiger partial charge is 0.307 e. The lowest BCUT2D eigenvalue weighted by Gasteiger charge is -1.86. The number of aliphatic carboxylic acids is 1. The van der Waals surface area contributed by atoms with Gasteiger partial charge in [-0.25, -0.2) is 0 Å². The molecule has 0 radical (unpaired) electrons. The standard InChI is InChI=1S/C10H8O4/c11-10(12)4-7-3-9(14-5-7)8-1-2-13-6-8/h1-3,5-6H,4H2,(H,11,12). The van der Waals surface area contributed by atoms with Crippen LogP contribution in [0, 0.1) is 0 Å². The third kappa shape index (κ3) is 1.69. The van der Waals surface area contributed by atoms with Gasteiger partial charge in [-0.1, -0.05) is 0 Å². The molecular formula is C10H8O4. The summed E-state index contributed by atoms with van der Waals surface area (Å²) >= 11 is 0. The highest BCUT2D eigenvalue weighted by Gasteiger charge is 2.07. The van der Waals surface area contributed by atoms with E-state index >= 15 is 0 Å². The molecule has 0 spiro atoms. The second-order valence-electron chi connectivity index (χ2n) is 2.90. The van der Waals surface area contributed by atoms with Gasteiger partial charge in [0.1, 0.15) is 12.0 Å². The van der Waals surface area contributed by atoms with Crippen LogP contribution < -0.4 is 0 Å². The molecule has 0 amide bonds. The molecule has 72 valence electrons. The van der Waals surface area contributed by atoms with Gasteiger partial charge in [0, 0.05) is 5.56 Å². The van der Waals surface area contributed by atoms with Crippen molar-refractivity contribution in [2.75, 3.05) is 0 Å². The van der Waals surface area contributed by atoms with E-state index in [2.05, 4.69) is 0 Å². The van der Waals surface area contributed by atoms with Gasteiger partial charge in [0.25, 0.3) is 0 Å². The number of carbonyl (C=O) groups is 1. The Kier molecular flexibility index (Phi) is 2.10. The molecule has 2 heterocycles. The molecule has 0 atom stereocenters. The fourth-order valence-corrected chi connectivity index (χ4v) is 1.20. The van der Waals surface area contributed by atoms with E-state index in [9.17, 15) is 4.79 Å². The number of hydrogen-bond acceptors (Lipinski definition) is 3. The van der Waals surface area contributed by atoms with Crippen molar-refractivity contribution in [3.05, 3.63) is 36.5 Å². The quantitative estimate of drug-likeness (QED) is 0.809. The van der Waals surface area contributed by atoms with Crippen LogP contribution in [0.5, 0.6) is 0 Å². The highest BCUT2D eigenvalue weighted by atomic mass is 16.4. The van der Waals surface area contributed by atoms with Gasteiger partial charge in [-0.15, -0.1) is 0 Å². The largest absolute Gasteiger partial charge is 0.481 e. The molecule has 0 fully saturated rings. The minimum absolute atomic E-state index is 0.0264. The molecule has 4 nitrogen and oxygen atoms in total. The van der Waals surface area contributed by atoms with Crippen LogP contribution in [0.4, 0.5) is 0 Å². The summed E-state index contributed by atoms with van der Waals surface area (Å²) in [5, 5.41) is 8.55. The molecule has 2 rings (SSSR count). The molecule has 0 unspecified atom stereocenters. The summed E-state index contributed by atoms with van der Waals surface area (Å²) in [6.45, 7) is 0. The van der Waals surface area contributed by atoms with Gasteiger partial charge >= 0.3 is 5.97 Å². The third-order valence-corrected chi connectivity index (χ3v) is 1.81. The van der Waals surface area contributed by atoms with Crippen molar-refractivity contribution < 1.29 is 18.7 Å². The first-order valence-electron chi connectivity index (χ1n) is 4.07. The second-order valence-corrected chi connectivity index (χ2v) is 2.90. The molecule has 2 aromatic rings. The topological polar surface area (TPSA) is 63.6 Å². The van der Waals surface area contributed by atoms with E-state index in [-0.39, 0.29) is 6.42 Å². The van der Waals surface area contributed by atoms with Crippen LogP contribution in [0.25, 0.3) is 11.3 Å². The average molecular weight is 192 g/mol. The van der Waals surface area contributed by atoms with Gasteiger partial charge in [0.15, 0.2) is 0 Å². The first-order valence-corrected chi connectivity index (χ1v) is 4.07. The van der Waals surface area contributed by atoms with Crippen LogP contribution in [-0.2, 0) is 11.2 Å². The molecule has 4 heteroatoms. The first kappa shape index (κ1) is 8.62. The number of carboxylic acids is 1. The number of rotatable bonds is 3. The van der Waals surface area contributed by atoms with Gasteiger partial charge in [-0.05, 0) is 12.1 Å². The van der Waals surface area contributed by atoms with E-state index in [1.165, 1.54) is 12.5 Å². The van der Waals surface area contributed by atoms with Crippen LogP contribution in [0.3, 0.4) is 0 Å². The van der Waals surface area contributed by atoms with Gasteiger partial charge < -0.3 is 13.9 Å². The maximum Gasteiger partial charge on any atom is 0.307 e. The molecule has 0 aliphatic heterocycles. The molecule has 0 aliphatic carbocycles. The Bertz CT molecular complexity index is 425. The Morgan fingerprint density at radius 3 is 2.93 bits per heavy atom. The molecule has 0 saturated carbocycles. The van der Waals surface area contributed by atoms with Crippen LogP contribution in [0.15, 0.2) is 39.8 Å². The minimum atomic E-state index is -0.871. The van der Waals surface area contributed by atoms with E-state index in [1.807, 2.05) is 0 Å². The highest BCUT2D eigenvalue weighted by molar-refractivity contribution is 5.71. The molecule has 0 aliphatic rings. The molecule has 0 bridgehead atoms. The normalized spacial score (nSPS) is 10.3. The van der Waals surface area contributed by atoms with Crippen LogP contribution in [0.2, 0.25) is 0 Å². The summed E-state index contributed by atoms with van der Waals surface area (Å²) in [4.78, 5) is 10.4. The summed E-state index contributed by atoms with van der Waals surface area (Å²) in [5.41, 5.74) is 1.45. The molecule has 1 N–H and O–H groups in total. The van der Waals surface area contributed by atoms with Gasteiger partial charge in [-0.2, -0.15) is 0 Å². The predicted octanol–water partition coefficient (Wildman–Crippen LogP) is 2.17.